The summed E-state index contributed by atoms with van der Waals surface area (Å²) in [6.07, 6.45) is 4.64. The Morgan fingerprint density at radius 3 is 2.55 bits per heavy atom. The molecule has 3 heterocycles. The zero-order valence-corrected chi connectivity index (χ0v) is 16.1. The fourth-order valence-corrected chi connectivity index (χ4v) is 3.72. The minimum absolute atomic E-state index is 0.00336. The Kier molecular flexibility index (Phi) is 5.11. The van der Waals surface area contributed by atoms with Crippen molar-refractivity contribution in [1.82, 2.24) is 29.7 Å². The van der Waals surface area contributed by atoms with E-state index < -0.39 is 5.97 Å². The molecule has 0 spiro atoms. The monoisotopic (exact) mass is 394 g/mol. The second-order valence-corrected chi connectivity index (χ2v) is 7.17. The lowest BCUT2D eigenvalue weighted by Gasteiger charge is -2.32. The third-order valence-electron chi connectivity index (χ3n) is 5.34. The van der Waals surface area contributed by atoms with Crippen LogP contribution >= 0.6 is 0 Å². The van der Waals surface area contributed by atoms with Gasteiger partial charge in [-0.05, 0) is 19.8 Å². The highest BCUT2D eigenvalue weighted by molar-refractivity contribution is 5.88. The Morgan fingerprint density at radius 2 is 1.90 bits per heavy atom. The lowest BCUT2D eigenvalue weighted by Crippen LogP contribution is -2.41. The van der Waals surface area contributed by atoms with E-state index in [9.17, 15) is 14.7 Å². The van der Waals surface area contributed by atoms with Crippen LogP contribution in [0.15, 0.2) is 42.7 Å². The number of carboxylic acid groups (broad SMARTS) is 1. The maximum absolute atomic E-state index is 12.7. The van der Waals surface area contributed by atoms with Crippen molar-refractivity contribution in [3.05, 3.63) is 54.0 Å². The van der Waals surface area contributed by atoms with Crippen molar-refractivity contribution in [3.8, 4) is 11.3 Å². The standard InChI is InChI=1S/C20H22N6O3/c1-14-17(20(28)29)11-21-26(14)16-7-9-24(10-8-16)19(27)13-25-12-18(22-23-25)15-5-3-2-4-6-15/h2-6,11-12,16H,7-10,13H2,1H3,(H,28,29). The number of piperidine rings is 1. The first-order chi connectivity index (χ1) is 14.0. The molecule has 0 aliphatic carbocycles. The van der Waals surface area contributed by atoms with E-state index in [1.807, 2.05) is 35.2 Å². The SMILES string of the molecule is Cc1c(C(=O)O)cnn1C1CCN(C(=O)Cn2cc(-c3ccccc3)nn2)CC1. The summed E-state index contributed by atoms with van der Waals surface area (Å²) in [5.41, 5.74) is 2.57. The number of hydrogen-bond donors (Lipinski definition) is 1. The number of amides is 1. The number of nitrogens with zero attached hydrogens (tertiary/aromatic N) is 6. The number of likely N-dealkylation sites (tertiary alicyclic amines) is 1. The lowest BCUT2D eigenvalue weighted by molar-refractivity contribution is -0.133. The van der Waals surface area contributed by atoms with Crippen molar-refractivity contribution in [3.63, 3.8) is 0 Å². The predicted octanol–water partition coefficient (Wildman–Crippen LogP) is 2.01. The fourth-order valence-electron chi connectivity index (χ4n) is 3.72. The van der Waals surface area contributed by atoms with E-state index >= 15 is 0 Å². The van der Waals surface area contributed by atoms with Gasteiger partial charge in [0.1, 0.15) is 17.8 Å². The van der Waals surface area contributed by atoms with Gasteiger partial charge >= 0.3 is 5.97 Å². The number of carbonyl (C=O) groups excluding carboxylic acids is 1. The van der Waals surface area contributed by atoms with E-state index in [2.05, 4.69) is 15.4 Å². The van der Waals surface area contributed by atoms with Crippen molar-refractivity contribution in [2.24, 2.45) is 0 Å². The molecule has 29 heavy (non-hydrogen) atoms. The number of carboxylic acids is 1. The van der Waals surface area contributed by atoms with Crippen LogP contribution in [0.4, 0.5) is 0 Å². The molecule has 1 N–H and O–H groups in total. The van der Waals surface area contributed by atoms with Crippen molar-refractivity contribution in [1.29, 1.82) is 0 Å². The Labute approximate surface area is 167 Å². The van der Waals surface area contributed by atoms with Crippen LogP contribution in [-0.2, 0) is 11.3 Å². The van der Waals surface area contributed by atoms with Crippen LogP contribution < -0.4 is 0 Å². The summed E-state index contributed by atoms with van der Waals surface area (Å²) in [4.78, 5) is 25.7. The normalized spacial score (nSPS) is 14.9. The number of hydrogen-bond acceptors (Lipinski definition) is 5. The zero-order chi connectivity index (χ0) is 20.4. The molecule has 1 aliphatic rings. The van der Waals surface area contributed by atoms with Gasteiger partial charge < -0.3 is 10.0 Å². The molecule has 0 unspecified atom stereocenters. The van der Waals surface area contributed by atoms with Crippen LogP contribution in [-0.4, -0.2) is 59.7 Å². The molecule has 1 aromatic carbocycles. The summed E-state index contributed by atoms with van der Waals surface area (Å²) in [7, 11) is 0. The largest absolute Gasteiger partial charge is 0.478 e. The fraction of sp³-hybridized carbons (Fsp3) is 0.350. The summed E-state index contributed by atoms with van der Waals surface area (Å²) in [5.74, 6) is -0.972. The Hall–Kier alpha value is -3.49. The van der Waals surface area contributed by atoms with Gasteiger partial charge in [-0.15, -0.1) is 5.10 Å². The summed E-state index contributed by atoms with van der Waals surface area (Å²) >= 11 is 0. The molecule has 4 rings (SSSR count). The first-order valence-corrected chi connectivity index (χ1v) is 9.53. The maximum Gasteiger partial charge on any atom is 0.339 e. The van der Waals surface area contributed by atoms with Crippen LogP contribution in [0.1, 0.15) is 34.9 Å². The van der Waals surface area contributed by atoms with Crippen LogP contribution in [0, 0.1) is 6.92 Å². The third kappa shape index (κ3) is 3.89. The minimum atomic E-state index is -0.968. The van der Waals surface area contributed by atoms with E-state index in [0.717, 1.165) is 24.1 Å². The molecule has 1 fully saturated rings. The van der Waals surface area contributed by atoms with Gasteiger partial charge in [-0.2, -0.15) is 5.10 Å². The van der Waals surface area contributed by atoms with Crippen LogP contribution in [0.5, 0.6) is 0 Å². The molecule has 0 bridgehead atoms. The van der Waals surface area contributed by atoms with Gasteiger partial charge in [-0.25, -0.2) is 9.48 Å². The first-order valence-electron chi connectivity index (χ1n) is 9.53. The molecular formula is C20H22N6O3. The molecule has 9 nitrogen and oxygen atoms in total. The van der Waals surface area contributed by atoms with Gasteiger partial charge in [-0.3, -0.25) is 9.48 Å². The summed E-state index contributed by atoms with van der Waals surface area (Å²) in [6.45, 7) is 3.12. The Morgan fingerprint density at radius 1 is 1.17 bits per heavy atom. The van der Waals surface area contributed by atoms with Crippen LogP contribution in [0.3, 0.4) is 0 Å². The molecule has 0 atom stereocenters. The summed E-state index contributed by atoms with van der Waals surface area (Å²) < 4.78 is 3.34. The first kappa shape index (κ1) is 18.9. The summed E-state index contributed by atoms with van der Waals surface area (Å²) in [5, 5.41) is 21.6. The van der Waals surface area contributed by atoms with Gasteiger partial charge in [0.25, 0.3) is 0 Å². The average molecular weight is 394 g/mol. The second-order valence-electron chi connectivity index (χ2n) is 7.17. The lowest BCUT2D eigenvalue weighted by atomic mass is 10.0. The molecule has 9 heteroatoms. The van der Waals surface area contributed by atoms with E-state index in [1.165, 1.54) is 6.20 Å². The van der Waals surface area contributed by atoms with Crippen LogP contribution in [0.25, 0.3) is 11.3 Å². The topological polar surface area (TPSA) is 106 Å². The van der Waals surface area contributed by atoms with Crippen molar-refractivity contribution in [2.45, 2.75) is 32.4 Å². The molecule has 2 aromatic heterocycles. The van der Waals surface area contributed by atoms with Crippen LogP contribution in [0.2, 0.25) is 0 Å². The van der Waals surface area contributed by atoms with E-state index in [-0.39, 0.29) is 24.1 Å². The van der Waals surface area contributed by atoms with Gasteiger partial charge in [-0.1, -0.05) is 35.5 Å². The molecule has 1 amide bonds. The molecule has 1 saturated heterocycles. The highest BCUT2D eigenvalue weighted by Crippen LogP contribution is 2.25. The maximum atomic E-state index is 12.7. The smallest absolute Gasteiger partial charge is 0.339 e. The molecule has 150 valence electrons. The number of benzene rings is 1. The zero-order valence-electron chi connectivity index (χ0n) is 16.1. The number of carbonyl (C=O) groups is 2. The highest BCUT2D eigenvalue weighted by Gasteiger charge is 2.26. The average Bonchev–Trinajstić information content (AvgIpc) is 3.35. The van der Waals surface area contributed by atoms with E-state index in [0.29, 0.717) is 18.8 Å². The summed E-state index contributed by atoms with van der Waals surface area (Å²) in [6, 6.07) is 9.81. The Balaban J connectivity index is 1.35. The van der Waals surface area contributed by atoms with E-state index in [4.69, 9.17) is 0 Å². The number of rotatable bonds is 5. The highest BCUT2D eigenvalue weighted by atomic mass is 16.4. The van der Waals surface area contributed by atoms with Crippen molar-refractivity contribution < 1.29 is 14.7 Å². The molecule has 0 radical (unpaired) electrons. The minimum Gasteiger partial charge on any atom is -0.478 e. The molecular weight excluding hydrogens is 372 g/mol. The number of aromatic carboxylic acids is 1. The van der Waals surface area contributed by atoms with Crippen molar-refractivity contribution in [2.75, 3.05) is 13.1 Å². The van der Waals surface area contributed by atoms with Gasteiger partial charge in [0.15, 0.2) is 0 Å². The van der Waals surface area contributed by atoms with Gasteiger partial charge in [0.05, 0.1) is 24.1 Å². The Bertz CT molecular complexity index is 1020. The molecule has 3 aromatic rings. The van der Waals surface area contributed by atoms with Crippen molar-refractivity contribution >= 4 is 11.9 Å². The van der Waals surface area contributed by atoms with Gasteiger partial charge in [0, 0.05) is 18.7 Å². The second kappa shape index (κ2) is 7.86. The van der Waals surface area contributed by atoms with Gasteiger partial charge in [0.2, 0.25) is 5.91 Å². The molecule has 0 saturated carbocycles. The quantitative estimate of drug-likeness (QED) is 0.710. The van der Waals surface area contributed by atoms with E-state index in [1.54, 1.807) is 22.5 Å². The third-order valence-corrected chi connectivity index (χ3v) is 5.34. The number of aromatic nitrogens is 5. The molecule has 1 aliphatic heterocycles. The predicted molar refractivity (Wildman–Crippen MR) is 104 cm³/mol.